The monoisotopic (exact) mass is 321 g/mol. The van der Waals surface area contributed by atoms with Crippen molar-refractivity contribution in [3.8, 4) is 0 Å². The number of aromatic nitrogens is 4. The molecule has 0 bridgehead atoms. The number of hydrogen-bond donors (Lipinski definition) is 1. The van der Waals surface area contributed by atoms with Gasteiger partial charge in [0.15, 0.2) is 0 Å². The summed E-state index contributed by atoms with van der Waals surface area (Å²) in [6.07, 6.45) is 2.27. The first-order valence-corrected chi connectivity index (χ1v) is 8.18. The maximum atomic E-state index is 12.6. The molecule has 0 saturated heterocycles. The molecule has 0 aliphatic heterocycles. The minimum atomic E-state index is -0.252. The van der Waals surface area contributed by atoms with Gasteiger partial charge in [0.1, 0.15) is 0 Å². The maximum absolute atomic E-state index is 12.6. The van der Waals surface area contributed by atoms with Gasteiger partial charge < -0.3 is 5.32 Å². The van der Waals surface area contributed by atoms with Crippen LogP contribution in [0, 0.1) is 19.8 Å². The number of fused-ring (bicyclic) bond motifs is 1. The predicted octanol–water partition coefficient (Wildman–Crippen LogP) is 2.62. The molecule has 0 unspecified atom stereocenters. The number of carbonyl (C=O) groups is 1. The Morgan fingerprint density at radius 2 is 1.96 bits per heavy atom. The van der Waals surface area contributed by atoms with Gasteiger partial charge in [-0.05, 0) is 44.2 Å². The Hall–Kier alpha value is -2.76. The van der Waals surface area contributed by atoms with Gasteiger partial charge in [-0.1, -0.05) is 30.3 Å². The molecular weight excluding hydrogens is 302 g/mol. The molecule has 2 heterocycles. The van der Waals surface area contributed by atoms with Gasteiger partial charge in [-0.15, -0.1) is 5.10 Å². The van der Waals surface area contributed by atoms with Crippen LogP contribution in [0.4, 0.5) is 0 Å². The van der Waals surface area contributed by atoms with E-state index in [0.717, 1.165) is 29.8 Å². The Bertz CT molecular complexity index is 898. The van der Waals surface area contributed by atoms with Crippen molar-refractivity contribution in [2.24, 2.45) is 5.92 Å². The van der Waals surface area contributed by atoms with Crippen LogP contribution in [0.15, 0.2) is 36.4 Å². The summed E-state index contributed by atoms with van der Waals surface area (Å²) in [7, 11) is 0. The molecule has 0 spiro atoms. The highest BCUT2D eigenvalue weighted by atomic mass is 16.2. The van der Waals surface area contributed by atoms with Gasteiger partial charge in [0.05, 0.1) is 6.04 Å². The van der Waals surface area contributed by atoms with Gasteiger partial charge in [-0.25, -0.2) is 9.50 Å². The fourth-order valence-electron chi connectivity index (χ4n) is 3.03. The summed E-state index contributed by atoms with van der Waals surface area (Å²) in [6.45, 7) is 3.83. The molecule has 1 atom stereocenters. The molecule has 1 aromatic carbocycles. The maximum Gasteiger partial charge on any atom is 0.291 e. The molecule has 1 saturated carbocycles. The van der Waals surface area contributed by atoms with E-state index in [0.29, 0.717) is 11.7 Å². The predicted molar refractivity (Wildman–Crippen MR) is 89.6 cm³/mol. The molecule has 24 heavy (non-hydrogen) atoms. The molecule has 6 heteroatoms. The summed E-state index contributed by atoms with van der Waals surface area (Å²) in [5, 5.41) is 7.41. The topological polar surface area (TPSA) is 72.2 Å². The van der Waals surface area contributed by atoms with Crippen LogP contribution >= 0.6 is 0 Å². The number of aryl methyl sites for hydroxylation is 2. The second-order valence-electron chi connectivity index (χ2n) is 6.39. The molecule has 3 aromatic rings. The van der Waals surface area contributed by atoms with Crippen molar-refractivity contribution < 1.29 is 4.79 Å². The second-order valence-corrected chi connectivity index (χ2v) is 6.39. The first kappa shape index (κ1) is 14.8. The van der Waals surface area contributed by atoms with Crippen LogP contribution in [0.3, 0.4) is 0 Å². The minimum Gasteiger partial charge on any atom is -0.342 e. The molecular formula is C18H19N5O. The molecule has 0 radical (unpaired) electrons. The average Bonchev–Trinajstić information content (AvgIpc) is 3.31. The van der Waals surface area contributed by atoms with Crippen molar-refractivity contribution in [2.45, 2.75) is 32.7 Å². The zero-order chi connectivity index (χ0) is 16.7. The van der Waals surface area contributed by atoms with Crippen LogP contribution in [0.25, 0.3) is 5.78 Å². The van der Waals surface area contributed by atoms with Gasteiger partial charge in [0.25, 0.3) is 11.7 Å². The van der Waals surface area contributed by atoms with E-state index in [2.05, 4.69) is 32.5 Å². The van der Waals surface area contributed by atoms with Crippen molar-refractivity contribution in [1.29, 1.82) is 0 Å². The van der Waals surface area contributed by atoms with Gasteiger partial charge in [-0.3, -0.25) is 4.79 Å². The van der Waals surface area contributed by atoms with Crippen LogP contribution in [0.5, 0.6) is 0 Å². The van der Waals surface area contributed by atoms with Crippen LogP contribution < -0.4 is 5.32 Å². The lowest BCUT2D eigenvalue weighted by Gasteiger charge is -2.17. The summed E-state index contributed by atoms with van der Waals surface area (Å²) in [4.78, 5) is 21.3. The molecule has 1 amide bonds. The second kappa shape index (κ2) is 5.70. The zero-order valence-corrected chi connectivity index (χ0v) is 13.7. The fourth-order valence-corrected chi connectivity index (χ4v) is 3.03. The number of hydrogen-bond acceptors (Lipinski definition) is 4. The first-order chi connectivity index (χ1) is 11.6. The van der Waals surface area contributed by atoms with E-state index in [9.17, 15) is 4.79 Å². The molecule has 1 aliphatic carbocycles. The SMILES string of the molecule is Cc1cc(C)n2nc(C(=O)N[C@@H](c3ccccc3)C3CC3)nc2n1. The van der Waals surface area contributed by atoms with Crippen molar-refractivity contribution in [2.75, 3.05) is 0 Å². The van der Waals surface area contributed by atoms with E-state index in [1.807, 2.05) is 38.1 Å². The van der Waals surface area contributed by atoms with Crippen LogP contribution in [-0.2, 0) is 0 Å². The van der Waals surface area contributed by atoms with E-state index in [1.54, 1.807) is 4.52 Å². The van der Waals surface area contributed by atoms with Gasteiger partial charge in [-0.2, -0.15) is 4.98 Å². The Morgan fingerprint density at radius 1 is 1.21 bits per heavy atom. The summed E-state index contributed by atoms with van der Waals surface area (Å²) in [5.74, 6) is 0.868. The zero-order valence-electron chi connectivity index (χ0n) is 13.7. The van der Waals surface area contributed by atoms with Gasteiger partial charge in [0, 0.05) is 11.4 Å². The lowest BCUT2D eigenvalue weighted by atomic mass is 10.0. The van der Waals surface area contributed by atoms with Crippen LogP contribution in [-0.4, -0.2) is 25.5 Å². The van der Waals surface area contributed by atoms with Crippen molar-refractivity contribution in [3.63, 3.8) is 0 Å². The molecule has 2 aromatic heterocycles. The van der Waals surface area contributed by atoms with E-state index in [4.69, 9.17) is 0 Å². The summed E-state index contributed by atoms with van der Waals surface area (Å²) in [5.41, 5.74) is 2.90. The Morgan fingerprint density at radius 3 is 2.67 bits per heavy atom. The third kappa shape index (κ3) is 2.75. The largest absolute Gasteiger partial charge is 0.342 e. The number of benzene rings is 1. The molecule has 6 nitrogen and oxygen atoms in total. The van der Waals surface area contributed by atoms with Crippen molar-refractivity contribution >= 4 is 11.7 Å². The normalized spacial score (nSPS) is 15.4. The highest BCUT2D eigenvalue weighted by Gasteiger charge is 2.34. The standard InChI is InChI=1S/C18H19N5O/c1-11-10-12(2)23-18(19-11)21-16(22-23)17(24)20-15(14-8-9-14)13-6-4-3-5-7-13/h3-7,10,14-15H,8-9H2,1-2H3,(H,20,24)/t15-/m0/s1. The first-order valence-electron chi connectivity index (χ1n) is 8.18. The number of amides is 1. The highest BCUT2D eigenvalue weighted by Crippen LogP contribution is 2.41. The van der Waals surface area contributed by atoms with Gasteiger partial charge >= 0.3 is 0 Å². The molecule has 1 fully saturated rings. The number of nitrogens with one attached hydrogen (secondary N) is 1. The Kier molecular flexibility index (Phi) is 3.52. The fraction of sp³-hybridized carbons (Fsp3) is 0.333. The summed E-state index contributed by atoms with van der Waals surface area (Å²) < 4.78 is 1.61. The van der Waals surface area contributed by atoms with Crippen molar-refractivity contribution in [1.82, 2.24) is 24.9 Å². The number of carbonyl (C=O) groups excluding carboxylic acids is 1. The smallest absolute Gasteiger partial charge is 0.291 e. The highest BCUT2D eigenvalue weighted by molar-refractivity contribution is 5.91. The van der Waals surface area contributed by atoms with E-state index < -0.39 is 0 Å². The molecule has 122 valence electrons. The summed E-state index contributed by atoms with van der Waals surface area (Å²) in [6, 6.07) is 12.0. The Balaban J connectivity index is 1.62. The van der Waals surface area contributed by atoms with Gasteiger partial charge in [0.2, 0.25) is 5.82 Å². The third-order valence-corrected chi connectivity index (χ3v) is 4.36. The minimum absolute atomic E-state index is 0.0149. The molecule has 4 rings (SSSR count). The molecule has 1 aliphatic rings. The molecule has 1 N–H and O–H groups in total. The number of nitrogens with zero attached hydrogens (tertiary/aromatic N) is 4. The lowest BCUT2D eigenvalue weighted by Crippen LogP contribution is -2.30. The lowest BCUT2D eigenvalue weighted by molar-refractivity contribution is 0.0921. The van der Waals surface area contributed by atoms with E-state index in [-0.39, 0.29) is 17.8 Å². The summed E-state index contributed by atoms with van der Waals surface area (Å²) >= 11 is 0. The quantitative estimate of drug-likeness (QED) is 0.802. The van der Waals surface area contributed by atoms with Crippen molar-refractivity contribution in [3.05, 3.63) is 59.2 Å². The van der Waals surface area contributed by atoms with E-state index in [1.165, 1.54) is 0 Å². The third-order valence-electron chi connectivity index (χ3n) is 4.36. The Labute approximate surface area is 139 Å². The van der Waals surface area contributed by atoms with Crippen LogP contribution in [0.1, 0.15) is 46.5 Å². The number of rotatable bonds is 4. The van der Waals surface area contributed by atoms with E-state index >= 15 is 0 Å². The average molecular weight is 321 g/mol. The van der Waals surface area contributed by atoms with Crippen LogP contribution in [0.2, 0.25) is 0 Å².